The Hall–Kier alpha value is -1.17. The zero-order valence-electron chi connectivity index (χ0n) is 7.86. The number of hydrogen-bond acceptors (Lipinski definition) is 5. The number of aromatic nitrogens is 1. The van der Waals surface area contributed by atoms with Gasteiger partial charge in [-0.15, -0.1) is 13.2 Å². The minimum absolute atomic E-state index is 0.00468. The van der Waals surface area contributed by atoms with E-state index in [1.807, 2.05) is 0 Å². The number of pyridine rings is 1. The molecule has 6 nitrogen and oxygen atoms in total. The minimum Gasteiger partial charge on any atom is -0.392 e. The number of alkyl halides is 3. The molecule has 0 amide bonds. The molecule has 0 aromatic carbocycles. The molecule has 17 heavy (non-hydrogen) atoms. The van der Waals surface area contributed by atoms with E-state index >= 15 is 0 Å². The van der Waals surface area contributed by atoms with Crippen LogP contribution in [-0.4, -0.2) is 21.4 Å². The lowest BCUT2D eigenvalue weighted by molar-refractivity contribution is -0.389. The van der Waals surface area contributed by atoms with Gasteiger partial charge in [0.1, 0.15) is 3.70 Å². The molecular formula is C7H4F3IN2O4. The fourth-order valence-electron chi connectivity index (χ4n) is 0.931. The van der Waals surface area contributed by atoms with E-state index in [-0.39, 0.29) is 9.26 Å². The molecule has 1 aromatic heterocycles. The predicted octanol–water partition coefficient (Wildman–Crippen LogP) is 1.99. The summed E-state index contributed by atoms with van der Waals surface area (Å²) in [6.07, 6.45) is -5.07. The van der Waals surface area contributed by atoms with Crippen LogP contribution in [0.25, 0.3) is 0 Å². The average molecular weight is 364 g/mol. The molecule has 0 fully saturated rings. The maximum absolute atomic E-state index is 12.0. The first-order chi connectivity index (χ1) is 7.74. The van der Waals surface area contributed by atoms with E-state index in [1.165, 1.54) is 22.6 Å². The van der Waals surface area contributed by atoms with Crippen LogP contribution in [0.15, 0.2) is 6.07 Å². The van der Waals surface area contributed by atoms with Crippen molar-refractivity contribution in [2.24, 2.45) is 0 Å². The average Bonchev–Trinajstić information content (AvgIpc) is 2.14. The zero-order chi connectivity index (χ0) is 13.2. The standard InChI is InChI=1S/C7H4F3IN2O4/c8-7(9,10)17-6-4(13(15)16)1-3(2-14)5(11)12-6/h1,14H,2H2. The third-order valence-electron chi connectivity index (χ3n) is 1.57. The SMILES string of the molecule is O=[N+]([O-])c1cc(CO)c(I)nc1OC(F)(F)F. The van der Waals surface area contributed by atoms with E-state index in [0.717, 1.165) is 6.07 Å². The van der Waals surface area contributed by atoms with Gasteiger partial charge in [0.15, 0.2) is 0 Å². The number of aliphatic hydroxyl groups is 1. The van der Waals surface area contributed by atoms with Gasteiger partial charge in [0, 0.05) is 11.6 Å². The van der Waals surface area contributed by atoms with Gasteiger partial charge < -0.3 is 9.84 Å². The number of hydrogen-bond donors (Lipinski definition) is 1. The summed E-state index contributed by atoms with van der Waals surface area (Å²) in [7, 11) is 0. The molecule has 0 aliphatic carbocycles. The van der Waals surface area contributed by atoms with Crippen LogP contribution in [0, 0.1) is 13.8 Å². The molecule has 0 bridgehead atoms. The molecule has 0 radical (unpaired) electrons. The second kappa shape index (κ2) is 5.00. The molecule has 0 saturated heterocycles. The third-order valence-corrected chi connectivity index (χ3v) is 2.51. The fourth-order valence-corrected chi connectivity index (χ4v) is 1.48. The minimum atomic E-state index is -5.07. The molecule has 0 aliphatic heterocycles. The molecule has 0 spiro atoms. The van der Waals surface area contributed by atoms with Crippen LogP contribution in [0.1, 0.15) is 5.56 Å². The normalized spacial score (nSPS) is 11.4. The number of aliphatic hydroxyl groups excluding tert-OH is 1. The van der Waals surface area contributed by atoms with E-state index in [0.29, 0.717) is 0 Å². The summed E-state index contributed by atoms with van der Waals surface area (Å²) >= 11 is 1.54. The second-order valence-electron chi connectivity index (χ2n) is 2.73. The Morgan fingerprint density at radius 2 is 2.18 bits per heavy atom. The molecule has 1 rings (SSSR count). The first kappa shape index (κ1) is 13.9. The molecule has 0 aliphatic rings. The Labute approximate surface area is 106 Å². The quantitative estimate of drug-likeness (QED) is 0.384. The Balaban J connectivity index is 3.28. The Kier molecular flexibility index (Phi) is 4.08. The highest BCUT2D eigenvalue weighted by molar-refractivity contribution is 14.1. The van der Waals surface area contributed by atoms with E-state index in [4.69, 9.17) is 5.11 Å². The summed E-state index contributed by atoms with van der Waals surface area (Å²) in [6, 6.07) is 0.788. The third kappa shape index (κ3) is 3.66. The molecule has 94 valence electrons. The summed E-state index contributed by atoms with van der Waals surface area (Å²) < 4.78 is 39.3. The summed E-state index contributed by atoms with van der Waals surface area (Å²) in [5, 5.41) is 19.3. The Morgan fingerprint density at radius 3 is 2.59 bits per heavy atom. The van der Waals surface area contributed by atoms with Gasteiger partial charge in [-0.3, -0.25) is 10.1 Å². The zero-order valence-corrected chi connectivity index (χ0v) is 10.0. The van der Waals surface area contributed by atoms with Crippen LogP contribution in [-0.2, 0) is 6.61 Å². The number of ether oxygens (including phenoxy) is 1. The molecule has 0 saturated carbocycles. The maximum atomic E-state index is 12.0. The van der Waals surface area contributed by atoms with Gasteiger partial charge in [0.05, 0.1) is 11.5 Å². The van der Waals surface area contributed by atoms with Gasteiger partial charge in [-0.2, -0.15) is 0 Å². The van der Waals surface area contributed by atoms with Crippen molar-refractivity contribution in [3.05, 3.63) is 25.4 Å². The van der Waals surface area contributed by atoms with Gasteiger partial charge >= 0.3 is 17.9 Å². The monoisotopic (exact) mass is 364 g/mol. The number of nitro groups is 1. The number of rotatable bonds is 3. The molecule has 0 atom stereocenters. The summed E-state index contributed by atoms with van der Waals surface area (Å²) in [5.74, 6) is -1.15. The molecule has 0 unspecified atom stereocenters. The van der Waals surface area contributed by atoms with Crippen molar-refractivity contribution in [2.75, 3.05) is 0 Å². The molecule has 1 N–H and O–H groups in total. The Bertz CT molecular complexity index is 451. The van der Waals surface area contributed by atoms with Gasteiger partial charge in [-0.05, 0) is 22.6 Å². The highest BCUT2D eigenvalue weighted by Gasteiger charge is 2.36. The number of nitrogens with zero attached hydrogens (tertiary/aromatic N) is 2. The van der Waals surface area contributed by atoms with Crippen molar-refractivity contribution in [2.45, 2.75) is 13.0 Å². The van der Waals surface area contributed by atoms with Crippen LogP contribution >= 0.6 is 22.6 Å². The smallest absolute Gasteiger partial charge is 0.392 e. The fraction of sp³-hybridized carbons (Fsp3) is 0.286. The summed E-state index contributed by atoms with van der Waals surface area (Å²) in [4.78, 5) is 12.7. The summed E-state index contributed by atoms with van der Waals surface area (Å²) in [5.41, 5.74) is -0.904. The van der Waals surface area contributed by atoms with E-state index in [9.17, 15) is 23.3 Å². The summed E-state index contributed by atoms with van der Waals surface area (Å²) in [6.45, 7) is -0.571. The first-order valence-electron chi connectivity index (χ1n) is 3.95. The molecule has 1 aromatic rings. The van der Waals surface area contributed by atoms with Gasteiger partial charge in [0.25, 0.3) is 0 Å². The van der Waals surface area contributed by atoms with Crippen molar-refractivity contribution in [1.29, 1.82) is 0 Å². The largest absolute Gasteiger partial charge is 0.574 e. The van der Waals surface area contributed by atoms with Crippen LogP contribution < -0.4 is 4.74 Å². The van der Waals surface area contributed by atoms with Crippen molar-refractivity contribution in [3.8, 4) is 5.88 Å². The van der Waals surface area contributed by atoms with E-state index < -0.39 is 29.5 Å². The van der Waals surface area contributed by atoms with Crippen molar-refractivity contribution in [1.82, 2.24) is 4.98 Å². The maximum Gasteiger partial charge on any atom is 0.574 e. The molecule has 1 heterocycles. The van der Waals surface area contributed by atoms with Crippen LogP contribution in [0.2, 0.25) is 0 Å². The highest BCUT2D eigenvalue weighted by atomic mass is 127. The first-order valence-corrected chi connectivity index (χ1v) is 5.03. The number of halogens is 4. The van der Waals surface area contributed by atoms with Gasteiger partial charge in [0.2, 0.25) is 0 Å². The lowest BCUT2D eigenvalue weighted by Crippen LogP contribution is -2.19. The van der Waals surface area contributed by atoms with E-state index in [1.54, 1.807) is 0 Å². The molecular weight excluding hydrogens is 360 g/mol. The highest BCUT2D eigenvalue weighted by Crippen LogP contribution is 2.32. The predicted molar refractivity (Wildman–Crippen MR) is 56.2 cm³/mol. The Morgan fingerprint density at radius 1 is 1.59 bits per heavy atom. The van der Waals surface area contributed by atoms with Crippen molar-refractivity contribution in [3.63, 3.8) is 0 Å². The van der Waals surface area contributed by atoms with Crippen molar-refractivity contribution < 1.29 is 27.9 Å². The van der Waals surface area contributed by atoms with E-state index in [2.05, 4.69) is 9.72 Å². The van der Waals surface area contributed by atoms with Crippen LogP contribution in [0.4, 0.5) is 18.9 Å². The van der Waals surface area contributed by atoms with Crippen molar-refractivity contribution >= 4 is 28.3 Å². The van der Waals surface area contributed by atoms with Gasteiger partial charge in [-0.25, -0.2) is 4.98 Å². The lowest BCUT2D eigenvalue weighted by atomic mass is 10.3. The van der Waals surface area contributed by atoms with Crippen LogP contribution in [0.5, 0.6) is 5.88 Å². The van der Waals surface area contributed by atoms with Gasteiger partial charge in [-0.1, -0.05) is 0 Å². The second-order valence-corrected chi connectivity index (χ2v) is 3.75. The van der Waals surface area contributed by atoms with Crippen LogP contribution in [0.3, 0.4) is 0 Å². The topological polar surface area (TPSA) is 85.5 Å². The lowest BCUT2D eigenvalue weighted by Gasteiger charge is -2.09. The molecule has 10 heteroatoms.